The summed E-state index contributed by atoms with van der Waals surface area (Å²) >= 11 is 0. The molecule has 0 N–H and O–H groups in total. The Hall–Kier alpha value is -5.92. The third-order valence-electron chi connectivity index (χ3n) is 8.42. The quantitative estimate of drug-likeness (QED) is 0.221. The SMILES string of the molecule is N#Cc1cc(-n2c3ccccc3c3cc(-c4cccc5c4oc4ccc6ccccc6c45)ccc32)nc2ccccc12. The lowest BCUT2D eigenvalue weighted by molar-refractivity contribution is 0.670. The van der Waals surface area contributed by atoms with Crippen LogP contribution in [0.3, 0.4) is 0 Å². The van der Waals surface area contributed by atoms with Gasteiger partial charge in [-0.3, -0.25) is 4.57 Å². The Labute approximate surface area is 240 Å². The second-order valence-electron chi connectivity index (χ2n) is 10.7. The fraction of sp³-hybridized carbons (Fsp3) is 0. The molecule has 42 heavy (non-hydrogen) atoms. The average molecular weight is 536 g/mol. The number of nitrogens with zero attached hydrogens (tertiary/aromatic N) is 3. The van der Waals surface area contributed by atoms with Crippen LogP contribution in [0.2, 0.25) is 0 Å². The minimum absolute atomic E-state index is 0.613. The molecule has 9 aromatic rings. The van der Waals surface area contributed by atoms with Crippen LogP contribution in [-0.4, -0.2) is 9.55 Å². The second-order valence-corrected chi connectivity index (χ2v) is 10.7. The predicted molar refractivity (Wildman–Crippen MR) is 171 cm³/mol. The van der Waals surface area contributed by atoms with Gasteiger partial charge in [0.1, 0.15) is 17.0 Å². The molecule has 0 bridgehead atoms. The molecule has 0 aliphatic rings. The van der Waals surface area contributed by atoms with Gasteiger partial charge in [-0.15, -0.1) is 0 Å². The minimum Gasteiger partial charge on any atom is -0.455 e. The maximum atomic E-state index is 9.95. The molecule has 0 saturated carbocycles. The largest absolute Gasteiger partial charge is 0.455 e. The molecule has 0 radical (unpaired) electrons. The molecule has 0 atom stereocenters. The monoisotopic (exact) mass is 535 g/mol. The standard InChI is InChI=1S/C38H21N3O/c39-22-25-21-36(40-32-14-5-3-9-26(25)32)41-33-15-6-4-11-29(33)31-20-24(16-18-34(31)41)28-12-7-13-30-37-27-10-2-1-8-23(27)17-19-35(37)42-38(28)30/h1-21H. The lowest BCUT2D eigenvalue weighted by atomic mass is 9.99. The summed E-state index contributed by atoms with van der Waals surface area (Å²) in [7, 11) is 0. The molecule has 0 aliphatic carbocycles. The molecule has 194 valence electrons. The molecule has 0 unspecified atom stereocenters. The fourth-order valence-corrected chi connectivity index (χ4v) is 6.55. The Bertz CT molecular complexity index is 2600. The number of rotatable bonds is 2. The summed E-state index contributed by atoms with van der Waals surface area (Å²) in [6.45, 7) is 0. The molecular weight excluding hydrogens is 514 g/mol. The van der Waals surface area contributed by atoms with Crippen molar-refractivity contribution in [2.24, 2.45) is 0 Å². The molecule has 4 nitrogen and oxygen atoms in total. The first-order valence-electron chi connectivity index (χ1n) is 14.0. The van der Waals surface area contributed by atoms with Gasteiger partial charge in [0.25, 0.3) is 0 Å². The van der Waals surface area contributed by atoms with E-state index in [1.165, 1.54) is 10.8 Å². The first-order chi connectivity index (χ1) is 20.8. The van der Waals surface area contributed by atoms with Crippen molar-refractivity contribution < 1.29 is 4.42 Å². The van der Waals surface area contributed by atoms with E-state index in [1.807, 2.05) is 36.4 Å². The van der Waals surface area contributed by atoms with E-state index in [9.17, 15) is 5.26 Å². The van der Waals surface area contributed by atoms with Gasteiger partial charge in [0, 0.05) is 32.5 Å². The van der Waals surface area contributed by atoms with Crippen LogP contribution in [0.25, 0.3) is 82.4 Å². The van der Waals surface area contributed by atoms with Crippen LogP contribution in [0.5, 0.6) is 0 Å². The summed E-state index contributed by atoms with van der Waals surface area (Å²) in [5.41, 5.74) is 7.43. The van der Waals surface area contributed by atoms with Gasteiger partial charge in [0.05, 0.1) is 28.2 Å². The maximum Gasteiger partial charge on any atom is 0.143 e. The third kappa shape index (κ3) is 3.13. The molecule has 4 heteroatoms. The van der Waals surface area contributed by atoms with Crippen LogP contribution in [0.15, 0.2) is 132 Å². The Morgan fingerprint density at radius 3 is 2.29 bits per heavy atom. The molecule has 6 aromatic carbocycles. The summed E-state index contributed by atoms with van der Waals surface area (Å²) in [5.74, 6) is 0.732. The van der Waals surface area contributed by atoms with Gasteiger partial charge in [-0.1, -0.05) is 91.0 Å². The summed E-state index contributed by atoms with van der Waals surface area (Å²) in [5, 5.41) is 17.7. The van der Waals surface area contributed by atoms with Gasteiger partial charge in [0.15, 0.2) is 0 Å². The Morgan fingerprint density at radius 1 is 0.619 bits per heavy atom. The van der Waals surface area contributed by atoms with Crippen molar-refractivity contribution >= 4 is 65.4 Å². The number of hydrogen-bond acceptors (Lipinski definition) is 3. The van der Waals surface area contributed by atoms with Crippen molar-refractivity contribution in [3.63, 3.8) is 0 Å². The second kappa shape index (κ2) is 8.54. The van der Waals surface area contributed by atoms with Gasteiger partial charge in [-0.25, -0.2) is 4.98 Å². The topological polar surface area (TPSA) is 54.8 Å². The number of pyridine rings is 1. The van der Waals surface area contributed by atoms with Gasteiger partial charge in [-0.2, -0.15) is 5.26 Å². The number of benzene rings is 6. The molecular formula is C38H21N3O. The predicted octanol–water partition coefficient (Wildman–Crippen LogP) is 9.92. The molecule has 0 spiro atoms. The highest BCUT2D eigenvalue weighted by atomic mass is 16.3. The fourth-order valence-electron chi connectivity index (χ4n) is 6.55. The highest BCUT2D eigenvalue weighted by Crippen LogP contribution is 2.41. The van der Waals surface area contributed by atoms with E-state index >= 15 is 0 Å². The summed E-state index contributed by atoms with van der Waals surface area (Å²) < 4.78 is 8.70. The van der Waals surface area contributed by atoms with Crippen molar-refractivity contribution in [1.82, 2.24) is 9.55 Å². The van der Waals surface area contributed by atoms with Gasteiger partial charge >= 0.3 is 0 Å². The van der Waals surface area contributed by atoms with Crippen LogP contribution >= 0.6 is 0 Å². The van der Waals surface area contributed by atoms with Crippen LogP contribution in [0.1, 0.15) is 5.56 Å². The van der Waals surface area contributed by atoms with Gasteiger partial charge < -0.3 is 4.42 Å². The molecule has 9 rings (SSSR count). The van der Waals surface area contributed by atoms with Crippen molar-refractivity contribution in [2.75, 3.05) is 0 Å². The van der Waals surface area contributed by atoms with Gasteiger partial charge in [-0.05, 0) is 52.7 Å². The summed E-state index contributed by atoms with van der Waals surface area (Å²) in [4.78, 5) is 4.99. The van der Waals surface area contributed by atoms with E-state index in [4.69, 9.17) is 9.40 Å². The highest BCUT2D eigenvalue weighted by molar-refractivity contribution is 6.21. The van der Waals surface area contributed by atoms with Crippen molar-refractivity contribution in [1.29, 1.82) is 5.26 Å². The average Bonchev–Trinajstić information content (AvgIpc) is 3.60. The van der Waals surface area contributed by atoms with Gasteiger partial charge in [0.2, 0.25) is 0 Å². The lowest BCUT2D eigenvalue weighted by Gasteiger charge is -2.10. The molecule has 3 aromatic heterocycles. The third-order valence-corrected chi connectivity index (χ3v) is 8.42. The lowest BCUT2D eigenvalue weighted by Crippen LogP contribution is -1.99. The zero-order chi connectivity index (χ0) is 27.8. The van der Waals surface area contributed by atoms with E-state index < -0.39 is 0 Å². The smallest absolute Gasteiger partial charge is 0.143 e. The number of hydrogen-bond donors (Lipinski definition) is 0. The molecule has 3 heterocycles. The Balaban J connectivity index is 1.31. The zero-order valence-corrected chi connectivity index (χ0v) is 22.4. The molecule has 0 amide bonds. The Kier molecular flexibility index (Phi) is 4.65. The zero-order valence-electron chi connectivity index (χ0n) is 22.4. The van der Waals surface area contributed by atoms with E-state index in [-0.39, 0.29) is 0 Å². The summed E-state index contributed by atoms with van der Waals surface area (Å²) in [6.07, 6.45) is 0. The van der Waals surface area contributed by atoms with Crippen molar-refractivity contribution in [2.45, 2.75) is 0 Å². The van der Waals surface area contributed by atoms with Crippen LogP contribution < -0.4 is 0 Å². The normalized spacial score (nSPS) is 11.8. The number of para-hydroxylation sites is 3. The number of furan rings is 1. The summed E-state index contributed by atoms with van der Waals surface area (Å²) in [6, 6.07) is 46.1. The van der Waals surface area contributed by atoms with Crippen molar-refractivity contribution in [3.8, 4) is 23.0 Å². The van der Waals surface area contributed by atoms with E-state index in [2.05, 4.69) is 102 Å². The molecule has 0 fully saturated rings. The highest BCUT2D eigenvalue weighted by Gasteiger charge is 2.18. The molecule has 0 aliphatic heterocycles. The first-order valence-corrected chi connectivity index (χ1v) is 14.0. The van der Waals surface area contributed by atoms with Crippen LogP contribution in [-0.2, 0) is 0 Å². The Morgan fingerprint density at radius 2 is 1.38 bits per heavy atom. The minimum atomic E-state index is 0.613. The molecule has 0 saturated heterocycles. The van der Waals surface area contributed by atoms with E-state index in [0.717, 1.165) is 71.6 Å². The maximum absolute atomic E-state index is 9.95. The number of aromatic nitrogens is 2. The van der Waals surface area contributed by atoms with E-state index in [0.29, 0.717) is 5.56 Å². The van der Waals surface area contributed by atoms with Crippen molar-refractivity contribution in [3.05, 3.63) is 133 Å². The van der Waals surface area contributed by atoms with Crippen LogP contribution in [0.4, 0.5) is 0 Å². The van der Waals surface area contributed by atoms with Crippen LogP contribution in [0, 0.1) is 11.3 Å². The first kappa shape index (κ1) is 22.9. The number of nitriles is 1. The van der Waals surface area contributed by atoms with E-state index in [1.54, 1.807) is 0 Å². The number of fused-ring (bicyclic) bond motifs is 9.